The molecule has 0 bridgehead atoms. The number of carboxylic acid groups (broad SMARTS) is 1. The third-order valence-corrected chi connectivity index (χ3v) is 3.67. The van der Waals surface area contributed by atoms with Gasteiger partial charge in [0.05, 0.1) is 5.70 Å². The third-order valence-electron chi connectivity index (χ3n) is 2.20. The molecule has 0 aliphatic heterocycles. The van der Waals surface area contributed by atoms with Gasteiger partial charge >= 0.3 is 5.97 Å². The van der Waals surface area contributed by atoms with Crippen molar-refractivity contribution in [1.29, 1.82) is 0 Å². The lowest BCUT2D eigenvalue weighted by Crippen LogP contribution is -2.30. The SMILES string of the molecule is Cc1cc(SC/C(N)=C(/NN)C(=O)O)ccc1Cl. The summed E-state index contributed by atoms with van der Waals surface area (Å²) in [5.74, 6) is 4.24. The van der Waals surface area contributed by atoms with Crippen molar-refractivity contribution in [1.82, 2.24) is 5.43 Å². The Morgan fingerprint density at radius 3 is 2.72 bits per heavy atom. The highest BCUT2D eigenvalue weighted by Crippen LogP contribution is 2.24. The van der Waals surface area contributed by atoms with Gasteiger partial charge in [0.15, 0.2) is 5.70 Å². The highest BCUT2D eigenvalue weighted by atomic mass is 35.5. The third kappa shape index (κ3) is 3.83. The second-order valence-corrected chi connectivity index (χ2v) is 5.01. The quantitative estimate of drug-likeness (QED) is 0.283. The monoisotopic (exact) mass is 287 g/mol. The van der Waals surface area contributed by atoms with Gasteiger partial charge in [0.2, 0.25) is 0 Å². The fraction of sp³-hybridized carbons (Fsp3) is 0.182. The second-order valence-electron chi connectivity index (χ2n) is 3.55. The number of halogens is 1. The van der Waals surface area contributed by atoms with Gasteiger partial charge in [-0.15, -0.1) is 11.8 Å². The van der Waals surface area contributed by atoms with Gasteiger partial charge in [-0.25, -0.2) is 4.79 Å². The first kappa shape index (κ1) is 14.7. The summed E-state index contributed by atoms with van der Waals surface area (Å²) in [5, 5.41) is 9.51. The van der Waals surface area contributed by atoms with Crippen molar-refractivity contribution in [2.75, 3.05) is 5.75 Å². The molecule has 0 atom stereocenters. The normalized spacial score (nSPS) is 11.9. The van der Waals surface area contributed by atoms with Crippen LogP contribution < -0.4 is 17.0 Å². The number of benzene rings is 1. The second kappa shape index (κ2) is 6.53. The molecule has 0 radical (unpaired) electrons. The number of hydrogen-bond donors (Lipinski definition) is 4. The average molecular weight is 288 g/mol. The maximum absolute atomic E-state index is 10.8. The number of carboxylic acids is 1. The van der Waals surface area contributed by atoms with Gasteiger partial charge in [-0.1, -0.05) is 11.6 Å². The summed E-state index contributed by atoms with van der Waals surface area (Å²) in [5.41, 5.74) is 8.69. The van der Waals surface area contributed by atoms with Crippen LogP contribution in [0.5, 0.6) is 0 Å². The van der Waals surface area contributed by atoms with Crippen molar-refractivity contribution >= 4 is 29.3 Å². The molecule has 7 heteroatoms. The molecule has 1 aromatic rings. The number of thioether (sulfide) groups is 1. The molecule has 0 amide bonds. The van der Waals surface area contributed by atoms with E-state index in [0.29, 0.717) is 10.8 Å². The molecular formula is C11H14ClN3O2S. The fourth-order valence-corrected chi connectivity index (χ4v) is 2.24. The van der Waals surface area contributed by atoms with Gasteiger partial charge in [0.1, 0.15) is 0 Å². The number of hydrazine groups is 1. The lowest BCUT2D eigenvalue weighted by molar-refractivity contribution is -0.133. The molecule has 0 fully saturated rings. The van der Waals surface area contributed by atoms with Crippen LogP contribution in [-0.4, -0.2) is 16.8 Å². The summed E-state index contributed by atoms with van der Waals surface area (Å²) in [4.78, 5) is 11.7. The van der Waals surface area contributed by atoms with Crippen LogP contribution in [0.1, 0.15) is 5.56 Å². The van der Waals surface area contributed by atoms with Gasteiger partial charge < -0.3 is 16.3 Å². The first-order valence-electron chi connectivity index (χ1n) is 5.03. The largest absolute Gasteiger partial charge is 0.476 e. The van der Waals surface area contributed by atoms with E-state index in [4.69, 9.17) is 28.3 Å². The minimum atomic E-state index is -1.18. The van der Waals surface area contributed by atoms with Gasteiger partial charge in [-0.05, 0) is 30.7 Å². The highest BCUT2D eigenvalue weighted by molar-refractivity contribution is 7.99. The van der Waals surface area contributed by atoms with Crippen LogP contribution in [0.15, 0.2) is 34.5 Å². The summed E-state index contributed by atoms with van der Waals surface area (Å²) in [6.07, 6.45) is 0. The molecule has 98 valence electrons. The Balaban J connectivity index is 2.75. The van der Waals surface area contributed by atoms with E-state index in [0.717, 1.165) is 10.5 Å². The predicted octanol–water partition coefficient (Wildman–Crippen LogP) is 1.46. The van der Waals surface area contributed by atoms with Crippen molar-refractivity contribution in [2.45, 2.75) is 11.8 Å². The highest BCUT2D eigenvalue weighted by Gasteiger charge is 2.10. The molecule has 0 aliphatic rings. The molecule has 1 aromatic carbocycles. The maximum atomic E-state index is 10.8. The Kier molecular flexibility index (Phi) is 5.33. The van der Waals surface area contributed by atoms with Crippen LogP contribution in [0.2, 0.25) is 5.02 Å². The number of hydrogen-bond acceptors (Lipinski definition) is 5. The molecule has 0 aliphatic carbocycles. The average Bonchev–Trinajstić information content (AvgIpc) is 2.31. The molecular weight excluding hydrogens is 274 g/mol. The zero-order valence-corrected chi connectivity index (χ0v) is 11.3. The molecule has 0 saturated heterocycles. The maximum Gasteiger partial charge on any atom is 0.355 e. The van der Waals surface area contributed by atoms with Crippen LogP contribution in [0, 0.1) is 6.92 Å². The standard InChI is InChI=1S/C11H14ClN3O2S/c1-6-4-7(2-3-8(6)12)18-5-9(13)10(15-14)11(16)17/h2-4,15H,5,13-14H2,1H3,(H,16,17)/b10-9-. The number of nitrogens with two attached hydrogens (primary N) is 2. The van der Waals surface area contributed by atoms with Crippen LogP contribution in [0.4, 0.5) is 0 Å². The lowest BCUT2D eigenvalue weighted by Gasteiger charge is -2.08. The van der Waals surface area contributed by atoms with Crippen molar-refractivity contribution in [2.24, 2.45) is 11.6 Å². The topological polar surface area (TPSA) is 101 Å². The Hall–Kier alpha value is -1.37. The lowest BCUT2D eigenvalue weighted by atomic mass is 10.2. The Labute approximate surface area is 114 Å². The minimum absolute atomic E-state index is 0.183. The zero-order chi connectivity index (χ0) is 13.7. The van der Waals surface area contributed by atoms with Gasteiger partial charge in [-0.2, -0.15) is 0 Å². The number of nitrogens with one attached hydrogen (secondary N) is 1. The number of aliphatic carboxylic acids is 1. The van der Waals surface area contributed by atoms with Crippen molar-refractivity contribution in [3.63, 3.8) is 0 Å². The van der Waals surface area contributed by atoms with Crippen LogP contribution in [0.25, 0.3) is 0 Å². The van der Waals surface area contributed by atoms with E-state index in [-0.39, 0.29) is 11.4 Å². The molecule has 18 heavy (non-hydrogen) atoms. The molecule has 0 spiro atoms. The van der Waals surface area contributed by atoms with Crippen molar-refractivity contribution in [3.8, 4) is 0 Å². The minimum Gasteiger partial charge on any atom is -0.476 e. The molecule has 0 aromatic heterocycles. The summed E-state index contributed by atoms with van der Waals surface area (Å²) in [6, 6.07) is 5.55. The summed E-state index contributed by atoms with van der Waals surface area (Å²) < 4.78 is 0. The van der Waals surface area contributed by atoms with Crippen LogP contribution in [-0.2, 0) is 4.79 Å². The van der Waals surface area contributed by atoms with Crippen molar-refractivity contribution in [3.05, 3.63) is 40.2 Å². The molecule has 1 rings (SSSR count). The van der Waals surface area contributed by atoms with E-state index >= 15 is 0 Å². The first-order chi connectivity index (χ1) is 8.45. The smallest absolute Gasteiger partial charge is 0.355 e. The van der Waals surface area contributed by atoms with E-state index < -0.39 is 5.97 Å². The van der Waals surface area contributed by atoms with E-state index in [2.05, 4.69) is 5.43 Å². The van der Waals surface area contributed by atoms with Crippen LogP contribution in [0.3, 0.4) is 0 Å². The predicted molar refractivity (Wildman–Crippen MR) is 73.1 cm³/mol. The van der Waals surface area contributed by atoms with Crippen LogP contribution >= 0.6 is 23.4 Å². The fourth-order valence-electron chi connectivity index (χ4n) is 1.23. The molecule has 0 unspecified atom stereocenters. The molecule has 5 nitrogen and oxygen atoms in total. The Bertz CT molecular complexity index is 491. The molecule has 0 saturated carbocycles. The van der Waals surface area contributed by atoms with Gasteiger partial charge in [0.25, 0.3) is 0 Å². The first-order valence-corrected chi connectivity index (χ1v) is 6.39. The summed E-state index contributed by atoms with van der Waals surface area (Å²) in [6.45, 7) is 1.90. The molecule has 6 N–H and O–H groups in total. The van der Waals surface area contributed by atoms with E-state index in [1.54, 1.807) is 6.07 Å². The zero-order valence-electron chi connectivity index (χ0n) is 9.74. The number of aryl methyl sites for hydroxylation is 1. The van der Waals surface area contributed by atoms with E-state index in [9.17, 15) is 4.79 Å². The molecule has 0 heterocycles. The Morgan fingerprint density at radius 2 is 2.22 bits per heavy atom. The number of rotatable bonds is 5. The summed E-state index contributed by atoms with van der Waals surface area (Å²) in [7, 11) is 0. The summed E-state index contributed by atoms with van der Waals surface area (Å²) >= 11 is 7.32. The van der Waals surface area contributed by atoms with Crippen molar-refractivity contribution < 1.29 is 9.90 Å². The van der Waals surface area contributed by atoms with Gasteiger partial charge in [0, 0.05) is 15.7 Å². The number of carbonyl (C=O) groups is 1. The Morgan fingerprint density at radius 1 is 1.56 bits per heavy atom. The van der Waals surface area contributed by atoms with Gasteiger partial charge in [-0.3, -0.25) is 5.84 Å². The van der Waals surface area contributed by atoms with E-state index in [1.165, 1.54) is 11.8 Å². The van der Waals surface area contributed by atoms with E-state index in [1.807, 2.05) is 19.1 Å².